The Morgan fingerprint density at radius 1 is 1.24 bits per heavy atom. The minimum atomic E-state index is -0.391. The highest BCUT2D eigenvalue weighted by Crippen LogP contribution is 2.64. The van der Waals surface area contributed by atoms with Gasteiger partial charge in [0.1, 0.15) is 0 Å². The van der Waals surface area contributed by atoms with E-state index in [0.717, 1.165) is 30.7 Å². The van der Waals surface area contributed by atoms with Crippen molar-refractivity contribution in [1.29, 1.82) is 0 Å². The molecule has 5 nitrogen and oxygen atoms in total. The van der Waals surface area contributed by atoms with E-state index < -0.39 is 5.41 Å². The summed E-state index contributed by atoms with van der Waals surface area (Å²) in [5.41, 5.74) is 2.17. The lowest BCUT2D eigenvalue weighted by Gasteiger charge is -2.58. The molecule has 29 heavy (non-hydrogen) atoms. The summed E-state index contributed by atoms with van der Waals surface area (Å²) in [7, 11) is 1.68. The minimum Gasteiger partial charge on any atom is -0.457 e. The molecule has 0 unspecified atom stereocenters. The number of aryl methyl sites for hydroxylation is 1. The van der Waals surface area contributed by atoms with Gasteiger partial charge in [-0.2, -0.15) is 0 Å². The highest BCUT2D eigenvalue weighted by Gasteiger charge is 2.60. The van der Waals surface area contributed by atoms with Gasteiger partial charge in [-0.1, -0.05) is 15.9 Å². The van der Waals surface area contributed by atoms with Crippen LogP contribution in [0.3, 0.4) is 0 Å². The van der Waals surface area contributed by atoms with Crippen molar-refractivity contribution in [3.05, 3.63) is 23.0 Å². The molecule has 0 aromatic carbocycles. The second-order valence-electron chi connectivity index (χ2n) is 9.85. The fraction of sp³-hybridized carbons (Fsp3) is 0.739. The van der Waals surface area contributed by atoms with Gasteiger partial charge in [0.25, 0.3) is 0 Å². The van der Waals surface area contributed by atoms with Gasteiger partial charge in [-0.3, -0.25) is 9.59 Å². The molecular formula is C23H32BrNO4. The van der Waals surface area contributed by atoms with E-state index in [-0.39, 0.29) is 28.7 Å². The number of methoxy groups -OCH3 is 1. The van der Waals surface area contributed by atoms with E-state index >= 15 is 0 Å². The molecule has 0 aliphatic heterocycles. The van der Waals surface area contributed by atoms with Crippen LogP contribution in [-0.2, 0) is 14.3 Å². The Morgan fingerprint density at radius 2 is 1.90 bits per heavy atom. The molecule has 0 spiro atoms. The zero-order chi connectivity index (χ0) is 21.0. The lowest BCUT2D eigenvalue weighted by atomic mass is 9.49. The second-order valence-corrected chi connectivity index (χ2v) is 11.5. The highest BCUT2D eigenvalue weighted by molar-refractivity contribution is 9.10. The third-order valence-electron chi connectivity index (χ3n) is 7.39. The number of halogens is 1. The maximum atomic E-state index is 13.1. The Balaban J connectivity index is 1.44. The molecule has 4 fully saturated rings. The molecular weight excluding hydrogens is 434 g/mol. The van der Waals surface area contributed by atoms with Gasteiger partial charge in [-0.05, 0) is 77.2 Å². The fourth-order valence-corrected chi connectivity index (χ4v) is 8.26. The fourth-order valence-electron chi connectivity index (χ4n) is 6.80. The molecule has 6 heteroatoms. The molecule has 1 heterocycles. The number of hydrogen-bond donors (Lipinski definition) is 0. The van der Waals surface area contributed by atoms with Crippen molar-refractivity contribution in [2.45, 2.75) is 69.7 Å². The van der Waals surface area contributed by atoms with Crippen molar-refractivity contribution in [2.75, 3.05) is 20.3 Å². The number of aromatic nitrogens is 1. The number of esters is 1. The number of Topliss-reactive ketones (excluding diaryl/α,β-unsaturated/α-hetero) is 1. The molecule has 5 rings (SSSR count). The van der Waals surface area contributed by atoms with Crippen LogP contribution in [0.5, 0.6) is 0 Å². The zero-order valence-corrected chi connectivity index (χ0v) is 19.5. The molecule has 4 aliphatic carbocycles. The summed E-state index contributed by atoms with van der Waals surface area (Å²) in [5, 5.41) is 0. The first-order valence-corrected chi connectivity index (χ1v) is 11.5. The van der Waals surface area contributed by atoms with Gasteiger partial charge in [0, 0.05) is 28.4 Å². The van der Waals surface area contributed by atoms with Crippen LogP contribution in [0.15, 0.2) is 6.07 Å². The third kappa shape index (κ3) is 3.71. The van der Waals surface area contributed by atoms with Gasteiger partial charge >= 0.3 is 5.97 Å². The van der Waals surface area contributed by atoms with E-state index in [2.05, 4.69) is 27.4 Å². The molecule has 3 atom stereocenters. The molecule has 4 aliphatic rings. The molecule has 0 N–H and O–H groups in total. The third-order valence-corrected chi connectivity index (χ3v) is 8.32. The smallest absolute Gasteiger partial charge is 0.312 e. The van der Waals surface area contributed by atoms with Crippen LogP contribution in [0, 0.1) is 31.1 Å². The van der Waals surface area contributed by atoms with E-state index in [1.165, 1.54) is 19.3 Å². The zero-order valence-electron chi connectivity index (χ0n) is 17.9. The van der Waals surface area contributed by atoms with E-state index in [0.29, 0.717) is 24.0 Å². The number of carbonyl (C=O) groups excluding carboxylic acids is 2. The standard InChI is InChI=1S/C23H32BrNO4/c1-14-5-19(16(3)25(14)15(2)11-28-4)20(26)12-29-21(27)22-7-17-6-18(8-22)10-23(24,9-17)13-22/h5,15,17-18H,6-13H2,1-4H3/t15-,17-,18-,22?,23?/m1/s1. The molecule has 0 saturated heterocycles. The Bertz CT molecular complexity index is 815. The van der Waals surface area contributed by atoms with Crippen molar-refractivity contribution in [1.82, 2.24) is 4.57 Å². The normalized spacial score (nSPS) is 33.7. The summed E-state index contributed by atoms with van der Waals surface area (Å²) in [6, 6.07) is 2.04. The first-order chi connectivity index (χ1) is 13.7. The van der Waals surface area contributed by atoms with Crippen molar-refractivity contribution in [2.24, 2.45) is 17.3 Å². The average Bonchev–Trinajstić information content (AvgIpc) is 2.92. The summed E-state index contributed by atoms with van der Waals surface area (Å²) in [4.78, 5) is 26.0. The number of ether oxygens (including phenoxy) is 2. The number of alkyl halides is 1. The summed E-state index contributed by atoms with van der Waals surface area (Å²) in [5.74, 6) is 0.936. The first-order valence-electron chi connectivity index (χ1n) is 10.7. The predicted octanol–water partition coefficient (Wildman–Crippen LogP) is 4.77. The van der Waals surface area contributed by atoms with E-state index in [1.54, 1.807) is 7.11 Å². The maximum absolute atomic E-state index is 13.1. The molecule has 160 valence electrons. The Hall–Kier alpha value is -1.14. The molecule has 1 aromatic rings. The lowest BCUT2D eigenvalue weighted by molar-refractivity contribution is -0.168. The summed E-state index contributed by atoms with van der Waals surface area (Å²) in [6.07, 6.45) is 6.28. The Morgan fingerprint density at radius 3 is 2.48 bits per heavy atom. The van der Waals surface area contributed by atoms with Gasteiger partial charge in [0.05, 0.1) is 18.1 Å². The van der Waals surface area contributed by atoms with Crippen LogP contribution in [0.2, 0.25) is 0 Å². The summed E-state index contributed by atoms with van der Waals surface area (Å²) < 4.78 is 13.1. The minimum absolute atomic E-state index is 0.0997. The number of carbonyl (C=O) groups is 2. The van der Waals surface area contributed by atoms with E-state index in [1.807, 2.05) is 19.9 Å². The Labute approximate surface area is 181 Å². The molecule has 4 bridgehead atoms. The predicted molar refractivity (Wildman–Crippen MR) is 115 cm³/mol. The molecule has 0 amide bonds. The average molecular weight is 466 g/mol. The van der Waals surface area contributed by atoms with Gasteiger partial charge in [0.2, 0.25) is 5.78 Å². The SMILES string of the molecule is COC[C@@H](C)n1c(C)cc(C(=O)COC(=O)C23C[C@H]4C[C@@H](CC(Br)(C4)C2)C3)c1C. The lowest BCUT2D eigenvalue weighted by Crippen LogP contribution is -2.56. The van der Waals surface area contributed by atoms with Crippen molar-refractivity contribution >= 4 is 27.7 Å². The van der Waals surface area contributed by atoms with Gasteiger partial charge in [-0.25, -0.2) is 0 Å². The Kier molecular flexibility index (Phi) is 5.48. The van der Waals surface area contributed by atoms with E-state index in [9.17, 15) is 9.59 Å². The highest BCUT2D eigenvalue weighted by atomic mass is 79.9. The molecule has 0 radical (unpaired) electrons. The summed E-state index contributed by atoms with van der Waals surface area (Å²) >= 11 is 3.94. The summed E-state index contributed by atoms with van der Waals surface area (Å²) in [6.45, 7) is 6.42. The largest absolute Gasteiger partial charge is 0.457 e. The van der Waals surface area contributed by atoms with Crippen LogP contribution in [0.1, 0.15) is 73.2 Å². The van der Waals surface area contributed by atoms with Crippen LogP contribution in [-0.4, -0.2) is 41.0 Å². The van der Waals surface area contributed by atoms with Crippen LogP contribution < -0.4 is 0 Å². The van der Waals surface area contributed by atoms with Gasteiger partial charge in [-0.15, -0.1) is 0 Å². The second kappa shape index (κ2) is 7.52. The van der Waals surface area contributed by atoms with Crippen LogP contribution in [0.25, 0.3) is 0 Å². The quantitative estimate of drug-likeness (QED) is 0.330. The van der Waals surface area contributed by atoms with Gasteiger partial charge < -0.3 is 14.0 Å². The van der Waals surface area contributed by atoms with Gasteiger partial charge in [0.15, 0.2) is 6.61 Å². The monoisotopic (exact) mass is 465 g/mol. The number of nitrogens with zero attached hydrogens (tertiary/aromatic N) is 1. The van der Waals surface area contributed by atoms with Crippen molar-refractivity contribution in [3.63, 3.8) is 0 Å². The van der Waals surface area contributed by atoms with Crippen LogP contribution in [0.4, 0.5) is 0 Å². The number of hydrogen-bond acceptors (Lipinski definition) is 4. The number of rotatable bonds is 7. The number of ketones is 1. The maximum Gasteiger partial charge on any atom is 0.312 e. The van der Waals surface area contributed by atoms with Crippen molar-refractivity contribution in [3.8, 4) is 0 Å². The van der Waals surface area contributed by atoms with E-state index in [4.69, 9.17) is 9.47 Å². The topological polar surface area (TPSA) is 57.5 Å². The molecule has 1 aromatic heterocycles. The first kappa shape index (κ1) is 21.1. The van der Waals surface area contributed by atoms with Crippen LogP contribution >= 0.6 is 15.9 Å². The van der Waals surface area contributed by atoms with Crippen molar-refractivity contribution < 1.29 is 19.1 Å². The molecule has 4 saturated carbocycles.